The Bertz CT molecular complexity index is 1180. The van der Waals surface area contributed by atoms with E-state index in [2.05, 4.69) is 26.0 Å². The predicted octanol–water partition coefficient (Wildman–Crippen LogP) is 3.60. The number of amides is 1. The number of piperazine rings is 1. The highest BCUT2D eigenvalue weighted by Crippen LogP contribution is 2.39. The van der Waals surface area contributed by atoms with Crippen LogP contribution in [0.2, 0.25) is 5.02 Å². The molecule has 32 heavy (non-hydrogen) atoms. The van der Waals surface area contributed by atoms with Crippen LogP contribution >= 0.6 is 11.6 Å². The van der Waals surface area contributed by atoms with Gasteiger partial charge in [-0.25, -0.2) is 4.98 Å². The first-order chi connectivity index (χ1) is 15.5. The Morgan fingerprint density at radius 2 is 1.97 bits per heavy atom. The summed E-state index contributed by atoms with van der Waals surface area (Å²) in [5.41, 5.74) is 3.52. The van der Waals surface area contributed by atoms with Crippen molar-refractivity contribution in [3.05, 3.63) is 29.7 Å². The third-order valence-electron chi connectivity index (χ3n) is 6.80. The van der Waals surface area contributed by atoms with E-state index in [1.165, 1.54) is 0 Å². The highest BCUT2D eigenvalue weighted by atomic mass is 35.5. The molecule has 1 aliphatic carbocycles. The predicted molar refractivity (Wildman–Crippen MR) is 123 cm³/mol. The van der Waals surface area contributed by atoms with E-state index in [9.17, 15) is 4.79 Å². The van der Waals surface area contributed by atoms with Gasteiger partial charge in [-0.15, -0.1) is 0 Å². The van der Waals surface area contributed by atoms with Crippen molar-refractivity contribution >= 4 is 34.2 Å². The maximum atomic E-state index is 13.0. The van der Waals surface area contributed by atoms with Crippen LogP contribution in [0.3, 0.4) is 0 Å². The van der Waals surface area contributed by atoms with Crippen molar-refractivity contribution in [3.8, 4) is 17.3 Å². The Balaban J connectivity index is 1.32. The standard InChI is InChI=1S/C23H26ClN7O/c1-29-14-17(13-27-29)21-20(24)19-18(6-7-26-22(19)28-21)30-8-10-31(11-9-30)23(32)16-4-2-15(12-25)3-5-16/h6-7,13-16H,2-5,8-11H2,1H3,(H,26,28)/t15-,16-. The number of rotatable bonds is 3. The molecule has 3 aromatic rings. The SMILES string of the molecule is Cn1cc(-c2[nH]c3nccc(N4CCN(C(=O)[C@H]5CC[C@H](C#N)CC5)CC4)c3c2Cl)cn1. The van der Waals surface area contributed by atoms with Gasteiger partial charge in [-0.2, -0.15) is 10.4 Å². The lowest BCUT2D eigenvalue weighted by Gasteiger charge is -2.38. The summed E-state index contributed by atoms with van der Waals surface area (Å²) < 4.78 is 1.74. The summed E-state index contributed by atoms with van der Waals surface area (Å²) in [6.07, 6.45) is 8.84. The second kappa shape index (κ2) is 8.47. The minimum Gasteiger partial charge on any atom is -0.367 e. The molecule has 1 saturated carbocycles. The second-order valence-corrected chi connectivity index (χ2v) is 9.14. The topological polar surface area (TPSA) is 93.8 Å². The van der Waals surface area contributed by atoms with E-state index in [-0.39, 0.29) is 17.7 Å². The molecule has 9 heteroatoms. The Labute approximate surface area is 191 Å². The van der Waals surface area contributed by atoms with Gasteiger partial charge in [-0.3, -0.25) is 9.48 Å². The van der Waals surface area contributed by atoms with Gasteiger partial charge < -0.3 is 14.8 Å². The monoisotopic (exact) mass is 451 g/mol. The van der Waals surface area contributed by atoms with E-state index in [4.69, 9.17) is 16.9 Å². The molecule has 166 valence electrons. The van der Waals surface area contributed by atoms with Gasteiger partial charge >= 0.3 is 0 Å². The van der Waals surface area contributed by atoms with Crippen molar-refractivity contribution < 1.29 is 4.79 Å². The fourth-order valence-corrected chi connectivity index (χ4v) is 5.31. The fraction of sp³-hybridized carbons (Fsp3) is 0.478. The van der Waals surface area contributed by atoms with Crippen LogP contribution in [-0.4, -0.2) is 56.7 Å². The molecule has 0 radical (unpaired) electrons. The van der Waals surface area contributed by atoms with Crippen molar-refractivity contribution in [2.24, 2.45) is 18.9 Å². The van der Waals surface area contributed by atoms with E-state index in [1.807, 2.05) is 24.2 Å². The summed E-state index contributed by atoms with van der Waals surface area (Å²) in [7, 11) is 1.87. The number of hydrogen-bond acceptors (Lipinski definition) is 5. The molecule has 1 aliphatic heterocycles. The van der Waals surface area contributed by atoms with Crippen molar-refractivity contribution in [2.75, 3.05) is 31.1 Å². The number of hydrogen-bond donors (Lipinski definition) is 1. The highest BCUT2D eigenvalue weighted by molar-refractivity contribution is 6.39. The molecule has 8 nitrogen and oxygen atoms in total. The summed E-state index contributed by atoms with van der Waals surface area (Å²) in [5, 5.41) is 14.9. The average molecular weight is 452 g/mol. The van der Waals surface area contributed by atoms with Gasteiger partial charge in [0, 0.05) is 63.0 Å². The summed E-state index contributed by atoms with van der Waals surface area (Å²) in [6, 6.07) is 4.34. The number of nitrogens with zero attached hydrogens (tertiary/aromatic N) is 6. The molecule has 0 bridgehead atoms. The first-order valence-electron chi connectivity index (χ1n) is 11.1. The summed E-state index contributed by atoms with van der Waals surface area (Å²) in [4.78, 5) is 25.1. The van der Waals surface area contributed by atoms with E-state index in [0.29, 0.717) is 18.1 Å². The van der Waals surface area contributed by atoms with Crippen LogP contribution in [-0.2, 0) is 11.8 Å². The Morgan fingerprint density at radius 1 is 1.22 bits per heavy atom. The molecule has 3 aromatic heterocycles. The molecule has 0 spiro atoms. The quantitative estimate of drug-likeness (QED) is 0.656. The molecule has 1 N–H and O–H groups in total. The zero-order valence-electron chi connectivity index (χ0n) is 18.1. The third kappa shape index (κ3) is 3.71. The first-order valence-corrected chi connectivity index (χ1v) is 11.5. The molecule has 1 amide bonds. The summed E-state index contributed by atoms with van der Waals surface area (Å²) in [5.74, 6) is 0.437. The minimum atomic E-state index is 0.0694. The number of fused-ring (bicyclic) bond motifs is 1. The first kappa shape index (κ1) is 20.8. The van der Waals surface area contributed by atoms with Crippen LogP contribution in [0.1, 0.15) is 25.7 Å². The molecule has 2 fully saturated rings. The zero-order valence-corrected chi connectivity index (χ0v) is 18.8. The van der Waals surface area contributed by atoms with Gasteiger partial charge in [0.05, 0.1) is 34.1 Å². The largest absolute Gasteiger partial charge is 0.367 e. The summed E-state index contributed by atoms with van der Waals surface area (Å²) >= 11 is 6.81. The van der Waals surface area contributed by atoms with Gasteiger partial charge in [-0.05, 0) is 31.7 Å². The third-order valence-corrected chi connectivity index (χ3v) is 7.17. The van der Waals surface area contributed by atoms with Gasteiger partial charge in [0.15, 0.2) is 0 Å². The maximum absolute atomic E-state index is 13.0. The zero-order chi connectivity index (χ0) is 22.2. The highest BCUT2D eigenvalue weighted by Gasteiger charge is 2.31. The number of aryl methyl sites for hydroxylation is 1. The van der Waals surface area contributed by atoms with Gasteiger partial charge in [0.1, 0.15) is 5.65 Å². The Kier molecular flexibility index (Phi) is 5.51. The van der Waals surface area contributed by atoms with E-state index >= 15 is 0 Å². The Morgan fingerprint density at radius 3 is 2.62 bits per heavy atom. The smallest absolute Gasteiger partial charge is 0.225 e. The van der Waals surface area contributed by atoms with Crippen LogP contribution in [0.5, 0.6) is 0 Å². The van der Waals surface area contributed by atoms with Gasteiger partial charge in [0.25, 0.3) is 0 Å². The van der Waals surface area contributed by atoms with Crippen LogP contribution in [0.25, 0.3) is 22.3 Å². The number of nitriles is 1. The van der Waals surface area contributed by atoms with Crippen LogP contribution in [0, 0.1) is 23.2 Å². The van der Waals surface area contributed by atoms with Crippen molar-refractivity contribution in [3.63, 3.8) is 0 Å². The number of H-pyrrole nitrogens is 1. The van der Waals surface area contributed by atoms with Crippen LogP contribution in [0.4, 0.5) is 5.69 Å². The fourth-order valence-electron chi connectivity index (χ4n) is 4.97. The van der Waals surface area contributed by atoms with Crippen LogP contribution < -0.4 is 4.90 Å². The lowest BCUT2D eigenvalue weighted by molar-refractivity contribution is -0.137. The molecule has 5 rings (SSSR count). The molecule has 0 aromatic carbocycles. The molecular weight excluding hydrogens is 426 g/mol. The molecule has 0 unspecified atom stereocenters. The maximum Gasteiger partial charge on any atom is 0.225 e. The number of nitrogens with one attached hydrogen (secondary N) is 1. The number of aromatic amines is 1. The molecule has 1 saturated heterocycles. The number of carbonyl (C=O) groups is 1. The molecule has 2 aliphatic rings. The lowest BCUT2D eigenvalue weighted by atomic mass is 9.82. The lowest BCUT2D eigenvalue weighted by Crippen LogP contribution is -2.50. The van der Waals surface area contributed by atoms with E-state index in [0.717, 1.165) is 66.8 Å². The van der Waals surface area contributed by atoms with Crippen LogP contribution in [0.15, 0.2) is 24.7 Å². The normalized spacial score (nSPS) is 21.7. The number of halogens is 1. The Hall–Kier alpha value is -3.05. The van der Waals surface area contributed by atoms with E-state index < -0.39 is 0 Å². The van der Waals surface area contributed by atoms with Crippen molar-refractivity contribution in [2.45, 2.75) is 25.7 Å². The van der Waals surface area contributed by atoms with Crippen molar-refractivity contribution in [1.29, 1.82) is 5.26 Å². The average Bonchev–Trinajstić information content (AvgIpc) is 3.41. The molecular formula is C23H26ClN7O. The number of carbonyl (C=O) groups excluding carboxylic acids is 1. The van der Waals surface area contributed by atoms with Crippen molar-refractivity contribution in [1.82, 2.24) is 24.6 Å². The van der Waals surface area contributed by atoms with E-state index in [1.54, 1.807) is 17.1 Å². The summed E-state index contributed by atoms with van der Waals surface area (Å²) in [6.45, 7) is 2.89. The number of aromatic nitrogens is 4. The number of pyridine rings is 1. The minimum absolute atomic E-state index is 0.0694. The van der Waals surface area contributed by atoms with Gasteiger partial charge in [0.2, 0.25) is 5.91 Å². The second-order valence-electron chi connectivity index (χ2n) is 8.76. The van der Waals surface area contributed by atoms with Gasteiger partial charge in [-0.1, -0.05) is 11.6 Å². The molecule has 4 heterocycles. The molecule has 0 atom stereocenters. The number of anilines is 1.